The summed E-state index contributed by atoms with van der Waals surface area (Å²) in [7, 11) is 0. The average Bonchev–Trinajstić information content (AvgIpc) is 2.71. The highest BCUT2D eigenvalue weighted by Crippen LogP contribution is 2.14. The summed E-state index contributed by atoms with van der Waals surface area (Å²) in [6, 6.07) is 14.0. The number of hydrogen-bond donors (Lipinski definition) is 3. The maximum absolute atomic E-state index is 13.7. The van der Waals surface area contributed by atoms with Gasteiger partial charge in [-0.3, -0.25) is 20.4 Å². The van der Waals surface area contributed by atoms with Gasteiger partial charge in [0.1, 0.15) is 5.82 Å². The van der Waals surface area contributed by atoms with E-state index in [1.165, 1.54) is 22.7 Å². The first-order chi connectivity index (χ1) is 13.5. The predicted molar refractivity (Wildman–Crippen MR) is 106 cm³/mol. The standard InChI is InChI=1S/C20H22ClFN4O2/c21-15-6-7-17(18(22)14-15)20(28)24-23-19(27)8-9-25-10-12-26(13-11-25)16-4-2-1-3-5-16/h1-7,14H,8-13H2,(H,23,27)(H,24,28)/p+1. The van der Waals surface area contributed by atoms with Crippen molar-refractivity contribution in [2.75, 3.05) is 37.6 Å². The Hall–Kier alpha value is -2.64. The first-order valence-electron chi connectivity index (χ1n) is 9.21. The van der Waals surface area contributed by atoms with Crippen LogP contribution in [0.4, 0.5) is 10.1 Å². The number of quaternary nitrogens is 1. The van der Waals surface area contributed by atoms with E-state index in [-0.39, 0.29) is 22.9 Å². The fraction of sp³-hybridized carbons (Fsp3) is 0.300. The summed E-state index contributed by atoms with van der Waals surface area (Å²) in [6.07, 6.45) is 0.282. The molecular formula is C20H23ClFN4O2+. The molecule has 1 saturated heterocycles. The molecular weight excluding hydrogens is 383 g/mol. The topological polar surface area (TPSA) is 65.9 Å². The van der Waals surface area contributed by atoms with E-state index in [4.69, 9.17) is 11.6 Å². The molecule has 0 aromatic heterocycles. The van der Waals surface area contributed by atoms with Crippen LogP contribution < -0.4 is 20.7 Å². The molecule has 148 valence electrons. The molecule has 2 aromatic carbocycles. The number of halogens is 2. The number of nitrogens with zero attached hydrogens (tertiary/aromatic N) is 1. The maximum atomic E-state index is 13.7. The molecule has 0 atom stereocenters. The molecule has 28 heavy (non-hydrogen) atoms. The predicted octanol–water partition coefficient (Wildman–Crippen LogP) is 1.04. The number of para-hydroxylation sites is 1. The largest absolute Gasteiger partial charge is 0.360 e. The summed E-state index contributed by atoms with van der Waals surface area (Å²) < 4.78 is 13.7. The fourth-order valence-electron chi connectivity index (χ4n) is 3.19. The second kappa shape index (κ2) is 9.52. The zero-order chi connectivity index (χ0) is 19.9. The number of hydrazine groups is 1. The Morgan fingerprint density at radius 2 is 1.79 bits per heavy atom. The third-order valence-corrected chi connectivity index (χ3v) is 5.02. The van der Waals surface area contributed by atoms with Gasteiger partial charge in [-0.05, 0) is 30.3 Å². The second-order valence-corrected chi connectivity index (χ2v) is 7.14. The summed E-state index contributed by atoms with van der Waals surface area (Å²) in [6.45, 7) is 4.45. The number of amides is 2. The monoisotopic (exact) mass is 405 g/mol. The molecule has 3 rings (SSSR count). The summed E-state index contributed by atoms with van der Waals surface area (Å²) in [5.74, 6) is -1.76. The van der Waals surface area contributed by atoms with Gasteiger partial charge in [0.15, 0.2) is 0 Å². The van der Waals surface area contributed by atoms with Crippen molar-refractivity contribution in [1.29, 1.82) is 0 Å². The van der Waals surface area contributed by atoms with E-state index in [9.17, 15) is 14.0 Å². The van der Waals surface area contributed by atoms with Crippen LogP contribution in [-0.2, 0) is 4.79 Å². The van der Waals surface area contributed by atoms with Crippen LogP contribution in [0.25, 0.3) is 0 Å². The second-order valence-electron chi connectivity index (χ2n) is 6.70. The smallest absolute Gasteiger partial charge is 0.272 e. The van der Waals surface area contributed by atoms with Gasteiger partial charge in [0.25, 0.3) is 5.91 Å². The number of rotatable bonds is 5. The molecule has 6 nitrogen and oxygen atoms in total. The van der Waals surface area contributed by atoms with E-state index in [2.05, 4.69) is 27.9 Å². The lowest BCUT2D eigenvalue weighted by Gasteiger charge is -2.33. The van der Waals surface area contributed by atoms with Gasteiger partial charge in [-0.2, -0.15) is 0 Å². The zero-order valence-corrected chi connectivity index (χ0v) is 16.1. The van der Waals surface area contributed by atoms with Crippen molar-refractivity contribution in [2.45, 2.75) is 6.42 Å². The quantitative estimate of drug-likeness (QED) is 0.651. The third-order valence-electron chi connectivity index (χ3n) is 4.79. The maximum Gasteiger partial charge on any atom is 0.272 e. The Labute approximate surface area is 168 Å². The number of benzene rings is 2. The van der Waals surface area contributed by atoms with Crippen LogP contribution in [0.1, 0.15) is 16.8 Å². The highest BCUT2D eigenvalue weighted by atomic mass is 35.5. The van der Waals surface area contributed by atoms with Crippen LogP contribution in [-0.4, -0.2) is 44.5 Å². The molecule has 1 heterocycles. The first-order valence-corrected chi connectivity index (χ1v) is 9.58. The van der Waals surface area contributed by atoms with E-state index in [0.29, 0.717) is 6.54 Å². The van der Waals surface area contributed by atoms with E-state index in [1.807, 2.05) is 18.2 Å². The minimum atomic E-state index is -0.736. The average molecular weight is 406 g/mol. The van der Waals surface area contributed by atoms with E-state index in [1.54, 1.807) is 0 Å². The Morgan fingerprint density at radius 1 is 1.07 bits per heavy atom. The lowest BCUT2D eigenvalue weighted by Crippen LogP contribution is -3.15. The Bertz CT molecular complexity index is 826. The number of hydrogen-bond acceptors (Lipinski definition) is 3. The van der Waals surface area contributed by atoms with Crippen molar-refractivity contribution < 1.29 is 18.9 Å². The van der Waals surface area contributed by atoms with Crippen LogP contribution >= 0.6 is 11.6 Å². The van der Waals surface area contributed by atoms with Gasteiger partial charge in [0.2, 0.25) is 5.91 Å². The van der Waals surface area contributed by atoms with Crippen molar-refractivity contribution in [2.24, 2.45) is 0 Å². The molecule has 0 spiro atoms. The molecule has 8 heteroatoms. The molecule has 0 radical (unpaired) electrons. The number of carbonyl (C=O) groups is 2. The van der Waals surface area contributed by atoms with Crippen LogP contribution in [0.3, 0.4) is 0 Å². The van der Waals surface area contributed by atoms with Crippen molar-refractivity contribution in [3.05, 3.63) is 64.9 Å². The van der Waals surface area contributed by atoms with Gasteiger partial charge in [0, 0.05) is 10.7 Å². The highest BCUT2D eigenvalue weighted by molar-refractivity contribution is 6.30. The highest BCUT2D eigenvalue weighted by Gasteiger charge is 2.21. The van der Waals surface area contributed by atoms with Gasteiger partial charge in [-0.25, -0.2) is 4.39 Å². The minimum absolute atomic E-state index is 0.174. The molecule has 0 aliphatic carbocycles. The molecule has 0 saturated carbocycles. The Balaban J connectivity index is 1.37. The minimum Gasteiger partial charge on any atom is -0.360 e. The molecule has 1 fully saturated rings. The third kappa shape index (κ3) is 5.43. The van der Waals surface area contributed by atoms with Crippen LogP contribution in [0, 0.1) is 5.82 Å². The van der Waals surface area contributed by atoms with Crippen LogP contribution in [0.5, 0.6) is 0 Å². The number of nitrogens with one attached hydrogen (secondary N) is 3. The molecule has 3 N–H and O–H groups in total. The summed E-state index contributed by atoms with van der Waals surface area (Å²) in [5.41, 5.74) is 5.62. The normalized spacial score (nSPS) is 14.6. The van der Waals surface area contributed by atoms with Crippen LogP contribution in [0.15, 0.2) is 48.5 Å². The van der Waals surface area contributed by atoms with Crippen molar-refractivity contribution in [3.8, 4) is 0 Å². The molecule has 0 bridgehead atoms. The SMILES string of the molecule is O=C(CC[NH+]1CCN(c2ccccc2)CC1)NNC(=O)c1ccc(Cl)cc1F. The van der Waals surface area contributed by atoms with Gasteiger partial charge in [0.05, 0.1) is 44.7 Å². The molecule has 2 amide bonds. The molecule has 1 aliphatic heterocycles. The van der Waals surface area contributed by atoms with Crippen LogP contribution in [0.2, 0.25) is 5.02 Å². The fourth-order valence-corrected chi connectivity index (χ4v) is 3.35. The van der Waals surface area contributed by atoms with Gasteiger partial charge < -0.3 is 9.80 Å². The summed E-state index contributed by atoms with van der Waals surface area (Å²) in [5, 5.41) is 0.202. The van der Waals surface area contributed by atoms with E-state index >= 15 is 0 Å². The molecule has 2 aromatic rings. The number of carbonyl (C=O) groups excluding carboxylic acids is 2. The van der Waals surface area contributed by atoms with E-state index < -0.39 is 11.7 Å². The lowest BCUT2D eigenvalue weighted by molar-refractivity contribution is -0.900. The number of piperazine rings is 1. The first kappa shape index (κ1) is 20.1. The van der Waals surface area contributed by atoms with Gasteiger partial charge >= 0.3 is 0 Å². The number of anilines is 1. The zero-order valence-electron chi connectivity index (χ0n) is 15.4. The molecule has 0 unspecified atom stereocenters. The van der Waals surface area contributed by atoms with Gasteiger partial charge in [-0.1, -0.05) is 29.8 Å². The van der Waals surface area contributed by atoms with E-state index in [0.717, 1.165) is 32.2 Å². The lowest BCUT2D eigenvalue weighted by atomic mass is 10.2. The summed E-state index contributed by atoms with van der Waals surface area (Å²) in [4.78, 5) is 27.6. The Kier molecular flexibility index (Phi) is 6.84. The van der Waals surface area contributed by atoms with Crippen molar-refractivity contribution in [1.82, 2.24) is 10.9 Å². The summed E-state index contributed by atoms with van der Waals surface area (Å²) >= 11 is 5.66. The Morgan fingerprint density at radius 3 is 2.46 bits per heavy atom. The van der Waals surface area contributed by atoms with Crippen molar-refractivity contribution >= 4 is 29.1 Å². The molecule has 1 aliphatic rings. The van der Waals surface area contributed by atoms with Crippen molar-refractivity contribution in [3.63, 3.8) is 0 Å². The van der Waals surface area contributed by atoms with Gasteiger partial charge in [-0.15, -0.1) is 0 Å².